The standard InChI is InChI=1S/C17H12F4O2/c1-23-16-8-6-12(10-14(16)18)15(22)7-5-11-3-2-4-13(9-11)17(19,20)21/h2-10H,1H3. The molecule has 0 aliphatic rings. The molecule has 120 valence electrons. The zero-order valence-corrected chi connectivity index (χ0v) is 12.0. The van der Waals surface area contributed by atoms with Crippen molar-refractivity contribution >= 4 is 11.9 Å². The number of benzene rings is 2. The van der Waals surface area contributed by atoms with E-state index in [9.17, 15) is 22.4 Å². The zero-order valence-electron chi connectivity index (χ0n) is 12.0. The summed E-state index contributed by atoms with van der Waals surface area (Å²) in [5.74, 6) is -1.21. The molecule has 0 aliphatic heterocycles. The van der Waals surface area contributed by atoms with Crippen LogP contribution in [0, 0.1) is 5.82 Å². The maximum Gasteiger partial charge on any atom is 0.416 e. The van der Waals surface area contributed by atoms with Crippen LogP contribution in [0.1, 0.15) is 21.5 Å². The first-order chi connectivity index (χ1) is 10.8. The molecule has 2 nitrogen and oxygen atoms in total. The van der Waals surface area contributed by atoms with E-state index in [-0.39, 0.29) is 16.9 Å². The smallest absolute Gasteiger partial charge is 0.416 e. The monoisotopic (exact) mass is 324 g/mol. The first-order valence-corrected chi connectivity index (χ1v) is 6.54. The predicted octanol–water partition coefficient (Wildman–Crippen LogP) is 4.75. The Morgan fingerprint density at radius 2 is 1.87 bits per heavy atom. The van der Waals surface area contributed by atoms with Crippen LogP contribution in [0.5, 0.6) is 5.75 Å². The number of hydrogen-bond acceptors (Lipinski definition) is 2. The molecule has 0 atom stereocenters. The summed E-state index contributed by atoms with van der Waals surface area (Å²) in [6.07, 6.45) is -2.11. The third-order valence-corrected chi connectivity index (χ3v) is 3.08. The molecular weight excluding hydrogens is 312 g/mol. The van der Waals surface area contributed by atoms with E-state index >= 15 is 0 Å². The van der Waals surface area contributed by atoms with Gasteiger partial charge in [0.05, 0.1) is 12.7 Å². The minimum atomic E-state index is -4.45. The summed E-state index contributed by atoms with van der Waals surface area (Å²) in [6, 6.07) is 8.25. The second-order valence-corrected chi connectivity index (χ2v) is 4.67. The van der Waals surface area contributed by atoms with Gasteiger partial charge >= 0.3 is 6.18 Å². The number of halogens is 4. The molecule has 0 amide bonds. The molecule has 0 spiro atoms. The van der Waals surface area contributed by atoms with E-state index in [1.54, 1.807) is 0 Å². The van der Waals surface area contributed by atoms with Crippen molar-refractivity contribution in [1.29, 1.82) is 0 Å². The van der Waals surface area contributed by atoms with Crippen LogP contribution in [-0.4, -0.2) is 12.9 Å². The quantitative estimate of drug-likeness (QED) is 0.461. The number of ketones is 1. The number of rotatable bonds is 4. The number of alkyl halides is 3. The van der Waals surface area contributed by atoms with Crippen molar-refractivity contribution in [2.45, 2.75) is 6.18 Å². The van der Waals surface area contributed by atoms with E-state index in [0.29, 0.717) is 0 Å². The van der Waals surface area contributed by atoms with Crippen LogP contribution in [0.25, 0.3) is 6.08 Å². The van der Waals surface area contributed by atoms with Gasteiger partial charge in [0.25, 0.3) is 0 Å². The summed E-state index contributed by atoms with van der Waals surface area (Å²) in [5.41, 5.74) is -0.503. The van der Waals surface area contributed by atoms with E-state index < -0.39 is 23.3 Å². The highest BCUT2D eigenvalue weighted by Gasteiger charge is 2.30. The average Bonchev–Trinajstić information content (AvgIpc) is 2.52. The van der Waals surface area contributed by atoms with Crippen LogP contribution in [0.15, 0.2) is 48.5 Å². The summed E-state index contributed by atoms with van der Waals surface area (Å²) < 4.78 is 56.1. The molecule has 0 saturated heterocycles. The largest absolute Gasteiger partial charge is 0.494 e. The van der Waals surface area contributed by atoms with Gasteiger partial charge in [-0.25, -0.2) is 4.39 Å². The highest BCUT2D eigenvalue weighted by atomic mass is 19.4. The first kappa shape index (κ1) is 16.7. The van der Waals surface area contributed by atoms with E-state index in [1.807, 2.05) is 0 Å². The molecule has 0 radical (unpaired) electrons. The van der Waals surface area contributed by atoms with Crippen molar-refractivity contribution in [2.75, 3.05) is 7.11 Å². The molecule has 0 aliphatic carbocycles. The number of carbonyl (C=O) groups excluding carboxylic acids is 1. The molecule has 0 unspecified atom stereocenters. The molecule has 0 fully saturated rings. The second kappa shape index (κ2) is 6.64. The van der Waals surface area contributed by atoms with Gasteiger partial charge in [-0.05, 0) is 42.0 Å². The van der Waals surface area contributed by atoms with Crippen molar-refractivity contribution in [1.82, 2.24) is 0 Å². The fourth-order valence-electron chi connectivity index (χ4n) is 1.91. The van der Waals surface area contributed by atoms with Gasteiger partial charge in [0.1, 0.15) is 0 Å². The molecule has 23 heavy (non-hydrogen) atoms. The van der Waals surface area contributed by atoms with Gasteiger partial charge in [0.2, 0.25) is 0 Å². The van der Waals surface area contributed by atoms with Crippen LogP contribution in [0.4, 0.5) is 17.6 Å². The zero-order chi connectivity index (χ0) is 17.0. The lowest BCUT2D eigenvalue weighted by atomic mass is 10.1. The molecule has 6 heteroatoms. The Morgan fingerprint density at radius 1 is 1.13 bits per heavy atom. The van der Waals surface area contributed by atoms with Crippen LogP contribution in [-0.2, 0) is 6.18 Å². The molecule has 0 heterocycles. The summed E-state index contributed by atoms with van der Waals surface area (Å²) >= 11 is 0. The Morgan fingerprint density at radius 3 is 2.48 bits per heavy atom. The van der Waals surface area contributed by atoms with Crippen molar-refractivity contribution in [3.05, 3.63) is 71.0 Å². The highest BCUT2D eigenvalue weighted by molar-refractivity contribution is 6.06. The highest BCUT2D eigenvalue weighted by Crippen LogP contribution is 2.29. The number of carbonyl (C=O) groups is 1. The Kier molecular flexibility index (Phi) is 4.83. The fraction of sp³-hybridized carbons (Fsp3) is 0.118. The minimum absolute atomic E-state index is 0.00316. The Bertz CT molecular complexity index is 748. The summed E-state index contributed by atoms with van der Waals surface area (Å²) in [6.45, 7) is 0. The lowest BCUT2D eigenvalue weighted by Crippen LogP contribution is -2.04. The maximum absolute atomic E-state index is 13.5. The number of hydrogen-bond donors (Lipinski definition) is 0. The van der Waals surface area contributed by atoms with Gasteiger partial charge in [-0.15, -0.1) is 0 Å². The Hall–Kier alpha value is -2.63. The van der Waals surface area contributed by atoms with Crippen LogP contribution in [0.3, 0.4) is 0 Å². The molecule has 0 bridgehead atoms. The molecule has 0 aromatic heterocycles. The summed E-state index contributed by atoms with van der Waals surface area (Å²) in [5, 5.41) is 0. The van der Waals surface area contributed by atoms with Gasteiger partial charge in [0, 0.05) is 5.56 Å². The average molecular weight is 324 g/mol. The van der Waals surface area contributed by atoms with Crippen molar-refractivity contribution in [2.24, 2.45) is 0 Å². The van der Waals surface area contributed by atoms with Gasteiger partial charge in [-0.3, -0.25) is 4.79 Å². The molecule has 2 aromatic rings. The number of allylic oxidation sites excluding steroid dienone is 1. The third kappa shape index (κ3) is 4.18. The number of methoxy groups -OCH3 is 1. The predicted molar refractivity (Wildman–Crippen MR) is 77.8 cm³/mol. The van der Waals surface area contributed by atoms with Gasteiger partial charge in [-0.1, -0.05) is 18.2 Å². The third-order valence-electron chi connectivity index (χ3n) is 3.08. The Labute approximate surface area is 130 Å². The van der Waals surface area contributed by atoms with E-state index in [0.717, 1.165) is 24.3 Å². The van der Waals surface area contributed by atoms with Crippen molar-refractivity contribution in [3.63, 3.8) is 0 Å². The van der Waals surface area contributed by atoms with Crippen LogP contribution >= 0.6 is 0 Å². The molecule has 0 saturated carbocycles. The normalized spacial score (nSPS) is 11.7. The van der Waals surface area contributed by atoms with E-state index in [4.69, 9.17) is 4.74 Å². The maximum atomic E-state index is 13.5. The summed E-state index contributed by atoms with van der Waals surface area (Å²) in [7, 11) is 1.30. The SMILES string of the molecule is COc1ccc(C(=O)C=Cc2cccc(C(F)(F)F)c2)cc1F. The van der Waals surface area contributed by atoms with Gasteiger partial charge in [-0.2, -0.15) is 13.2 Å². The van der Waals surface area contributed by atoms with Gasteiger partial charge in [0.15, 0.2) is 17.3 Å². The molecule has 0 N–H and O–H groups in total. The molecule has 2 rings (SSSR count). The number of ether oxygens (including phenoxy) is 1. The lowest BCUT2D eigenvalue weighted by Gasteiger charge is -2.06. The van der Waals surface area contributed by atoms with E-state index in [1.165, 1.54) is 37.5 Å². The van der Waals surface area contributed by atoms with E-state index in [2.05, 4.69) is 0 Å². The molecule has 2 aromatic carbocycles. The lowest BCUT2D eigenvalue weighted by molar-refractivity contribution is -0.137. The summed E-state index contributed by atoms with van der Waals surface area (Å²) in [4.78, 5) is 11.9. The molecular formula is C17H12F4O2. The fourth-order valence-corrected chi connectivity index (χ4v) is 1.91. The van der Waals surface area contributed by atoms with Crippen molar-refractivity contribution in [3.8, 4) is 5.75 Å². The first-order valence-electron chi connectivity index (χ1n) is 6.54. The van der Waals surface area contributed by atoms with Gasteiger partial charge < -0.3 is 4.74 Å². The van der Waals surface area contributed by atoms with Crippen molar-refractivity contribution < 1.29 is 27.1 Å². The Balaban J connectivity index is 2.20. The van der Waals surface area contributed by atoms with Crippen LogP contribution in [0.2, 0.25) is 0 Å². The second-order valence-electron chi connectivity index (χ2n) is 4.67. The minimum Gasteiger partial charge on any atom is -0.494 e. The van der Waals surface area contributed by atoms with Crippen LogP contribution < -0.4 is 4.74 Å². The topological polar surface area (TPSA) is 26.3 Å².